The predicted octanol–water partition coefficient (Wildman–Crippen LogP) is 1.15. The molecule has 1 aromatic heterocycles. The summed E-state index contributed by atoms with van der Waals surface area (Å²) in [5, 5.41) is 5.24. The molecule has 3 N–H and O–H groups in total. The summed E-state index contributed by atoms with van der Waals surface area (Å²) in [6, 6.07) is 4.16. The highest BCUT2D eigenvalue weighted by Gasteiger charge is 2.20. The van der Waals surface area contributed by atoms with Crippen molar-refractivity contribution < 1.29 is 14.5 Å². The lowest BCUT2D eigenvalue weighted by Gasteiger charge is -2.24. The molecule has 0 saturated heterocycles. The maximum Gasteiger partial charge on any atom is 0.287 e. The van der Waals surface area contributed by atoms with Crippen LogP contribution in [0.5, 0.6) is 0 Å². The highest BCUT2D eigenvalue weighted by atomic mass is 16.3. The summed E-state index contributed by atoms with van der Waals surface area (Å²) in [6.45, 7) is 3.98. The molecule has 100 valence electrons. The molecule has 0 atom stereocenters. The first-order valence-electron chi connectivity index (χ1n) is 6.90. The van der Waals surface area contributed by atoms with Crippen LogP contribution in [-0.2, 0) is 0 Å². The van der Waals surface area contributed by atoms with E-state index < -0.39 is 0 Å². The summed E-state index contributed by atoms with van der Waals surface area (Å²) in [5.74, 6) is 1.17. The van der Waals surface area contributed by atoms with E-state index in [2.05, 4.69) is 17.6 Å². The quantitative estimate of drug-likeness (QED) is 0.771. The first-order chi connectivity index (χ1) is 8.75. The van der Waals surface area contributed by atoms with Crippen molar-refractivity contribution in [1.29, 1.82) is 0 Å². The Hall–Kier alpha value is -1.29. The largest absolute Gasteiger partial charge is 0.459 e. The first-order valence-corrected chi connectivity index (χ1v) is 6.90. The molecule has 1 aliphatic carbocycles. The van der Waals surface area contributed by atoms with Crippen LogP contribution >= 0.6 is 0 Å². The fraction of sp³-hybridized carbons (Fsp3) is 0.643. The standard InChI is InChI=1S/C14H22N2O2/c1-11-4-6-12(7-5-11)15-8-9-16-14(17)13-3-2-10-18-13/h2-3,10-12,15H,4-9H2,1H3,(H,16,17)/p+1. The molecule has 1 aliphatic rings. The van der Waals surface area contributed by atoms with Gasteiger partial charge >= 0.3 is 0 Å². The van der Waals surface area contributed by atoms with Gasteiger partial charge in [-0.3, -0.25) is 4.79 Å². The molecule has 0 aromatic carbocycles. The Bertz CT molecular complexity index is 354. The van der Waals surface area contributed by atoms with Crippen LogP contribution in [0.4, 0.5) is 0 Å². The average Bonchev–Trinajstić information content (AvgIpc) is 2.90. The summed E-state index contributed by atoms with van der Waals surface area (Å²) in [6.07, 6.45) is 6.84. The Morgan fingerprint density at radius 2 is 2.22 bits per heavy atom. The first kappa shape index (κ1) is 13.1. The van der Waals surface area contributed by atoms with Gasteiger partial charge in [-0.2, -0.15) is 0 Å². The zero-order valence-electron chi connectivity index (χ0n) is 11.0. The Labute approximate surface area is 108 Å². The van der Waals surface area contributed by atoms with Crippen LogP contribution in [0.1, 0.15) is 43.2 Å². The van der Waals surface area contributed by atoms with Crippen LogP contribution in [0.15, 0.2) is 22.8 Å². The SMILES string of the molecule is CC1CCC([NH2+]CCNC(=O)c2ccco2)CC1. The molecule has 4 nitrogen and oxygen atoms in total. The number of carbonyl (C=O) groups excluding carboxylic acids is 1. The normalized spacial score (nSPS) is 23.8. The highest BCUT2D eigenvalue weighted by Crippen LogP contribution is 2.21. The molecule has 1 saturated carbocycles. The van der Waals surface area contributed by atoms with Crippen molar-refractivity contribution in [3.05, 3.63) is 24.2 Å². The number of nitrogens with two attached hydrogens (primary N) is 1. The molecule has 1 fully saturated rings. The van der Waals surface area contributed by atoms with Gasteiger partial charge in [-0.15, -0.1) is 0 Å². The summed E-state index contributed by atoms with van der Waals surface area (Å²) in [7, 11) is 0. The molecule has 0 unspecified atom stereocenters. The van der Waals surface area contributed by atoms with Crippen molar-refractivity contribution >= 4 is 5.91 Å². The highest BCUT2D eigenvalue weighted by molar-refractivity contribution is 5.91. The average molecular weight is 251 g/mol. The second kappa shape index (κ2) is 6.59. The lowest BCUT2D eigenvalue weighted by atomic mass is 9.87. The molecule has 0 bridgehead atoms. The maximum absolute atomic E-state index is 11.6. The minimum Gasteiger partial charge on any atom is -0.459 e. The van der Waals surface area contributed by atoms with Crippen molar-refractivity contribution in [2.75, 3.05) is 13.1 Å². The summed E-state index contributed by atoms with van der Waals surface area (Å²) < 4.78 is 5.03. The van der Waals surface area contributed by atoms with Gasteiger partial charge in [0.1, 0.15) is 0 Å². The minimum atomic E-state index is -0.120. The maximum atomic E-state index is 11.6. The third-order valence-electron chi connectivity index (χ3n) is 3.74. The Kier molecular flexibility index (Phi) is 4.81. The van der Waals surface area contributed by atoms with Gasteiger partial charge in [0, 0.05) is 0 Å². The number of nitrogens with one attached hydrogen (secondary N) is 1. The number of hydrogen-bond donors (Lipinski definition) is 2. The molecule has 2 rings (SSSR count). The number of hydrogen-bond acceptors (Lipinski definition) is 2. The Morgan fingerprint density at radius 3 is 2.89 bits per heavy atom. The second-order valence-electron chi connectivity index (χ2n) is 5.28. The minimum absolute atomic E-state index is 0.120. The molecule has 1 heterocycles. The van der Waals surface area contributed by atoms with Crippen molar-refractivity contribution in [2.24, 2.45) is 5.92 Å². The number of furan rings is 1. The van der Waals surface area contributed by atoms with Crippen molar-refractivity contribution in [1.82, 2.24) is 5.32 Å². The smallest absolute Gasteiger partial charge is 0.287 e. The fourth-order valence-electron chi connectivity index (χ4n) is 2.52. The molecule has 0 radical (unpaired) electrons. The van der Waals surface area contributed by atoms with Crippen molar-refractivity contribution in [3.8, 4) is 0 Å². The van der Waals surface area contributed by atoms with E-state index >= 15 is 0 Å². The second-order valence-corrected chi connectivity index (χ2v) is 5.28. The Balaban J connectivity index is 1.57. The van der Waals surface area contributed by atoms with Gasteiger partial charge in [-0.25, -0.2) is 0 Å². The molecule has 0 spiro atoms. The van der Waals surface area contributed by atoms with E-state index in [0.717, 1.165) is 18.5 Å². The topological polar surface area (TPSA) is 58.9 Å². The van der Waals surface area contributed by atoms with E-state index in [1.807, 2.05) is 0 Å². The molecule has 0 aliphatic heterocycles. The van der Waals surface area contributed by atoms with Crippen LogP contribution in [0.3, 0.4) is 0 Å². The molecule has 18 heavy (non-hydrogen) atoms. The van der Waals surface area contributed by atoms with Gasteiger partial charge in [-0.05, 0) is 43.7 Å². The summed E-state index contributed by atoms with van der Waals surface area (Å²) in [5.41, 5.74) is 0. The number of carbonyl (C=O) groups is 1. The van der Waals surface area contributed by atoms with Gasteiger partial charge in [0.25, 0.3) is 5.91 Å². The lowest BCUT2D eigenvalue weighted by molar-refractivity contribution is -0.690. The van der Waals surface area contributed by atoms with Crippen molar-refractivity contribution in [3.63, 3.8) is 0 Å². The monoisotopic (exact) mass is 251 g/mol. The van der Waals surface area contributed by atoms with E-state index in [-0.39, 0.29) is 5.91 Å². The zero-order chi connectivity index (χ0) is 12.8. The van der Waals surface area contributed by atoms with Crippen LogP contribution in [-0.4, -0.2) is 25.0 Å². The van der Waals surface area contributed by atoms with Gasteiger partial charge in [0.05, 0.1) is 25.4 Å². The van der Waals surface area contributed by atoms with E-state index in [1.165, 1.54) is 31.9 Å². The Morgan fingerprint density at radius 1 is 1.44 bits per heavy atom. The van der Waals surface area contributed by atoms with Crippen molar-refractivity contribution in [2.45, 2.75) is 38.6 Å². The van der Waals surface area contributed by atoms with E-state index in [0.29, 0.717) is 12.3 Å². The van der Waals surface area contributed by atoms with E-state index in [4.69, 9.17) is 4.42 Å². The third kappa shape index (κ3) is 3.88. The zero-order valence-corrected chi connectivity index (χ0v) is 11.0. The van der Waals surface area contributed by atoms with Crippen LogP contribution in [0, 0.1) is 5.92 Å². The van der Waals surface area contributed by atoms with E-state index in [9.17, 15) is 4.79 Å². The molecular formula is C14H23N2O2+. The summed E-state index contributed by atoms with van der Waals surface area (Å²) in [4.78, 5) is 11.6. The van der Waals surface area contributed by atoms with Crippen LogP contribution in [0.25, 0.3) is 0 Å². The lowest BCUT2D eigenvalue weighted by Crippen LogP contribution is -2.91. The predicted molar refractivity (Wildman–Crippen MR) is 69.3 cm³/mol. The molecule has 1 amide bonds. The number of quaternary nitrogens is 1. The van der Waals surface area contributed by atoms with Gasteiger partial charge < -0.3 is 15.1 Å². The fourth-order valence-corrected chi connectivity index (χ4v) is 2.52. The van der Waals surface area contributed by atoms with E-state index in [1.54, 1.807) is 12.1 Å². The van der Waals surface area contributed by atoms with Gasteiger partial charge in [-0.1, -0.05) is 6.92 Å². The van der Waals surface area contributed by atoms with Crippen LogP contribution < -0.4 is 10.6 Å². The van der Waals surface area contributed by atoms with Gasteiger partial charge in [0.2, 0.25) is 0 Å². The summed E-state index contributed by atoms with van der Waals surface area (Å²) >= 11 is 0. The molecule has 4 heteroatoms. The van der Waals surface area contributed by atoms with Gasteiger partial charge in [0.15, 0.2) is 5.76 Å². The number of amides is 1. The molecular weight excluding hydrogens is 228 g/mol. The number of rotatable bonds is 5. The van der Waals surface area contributed by atoms with Crippen LogP contribution in [0.2, 0.25) is 0 Å². The third-order valence-corrected chi connectivity index (χ3v) is 3.74. The molecule has 1 aromatic rings.